The number of esters is 1. The zero-order valence-electron chi connectivity index (χ0n) is 7.83. The van der Waals surface area contributed by atoms with Gasteiger partial charge in [0.05, 0.1) is 6.61 Å². The van der Waals surface area contributed by atoms with E-state index in [4.69, 9.17) is 0 Å². The first-order valence-corrected chi connectivity index (χ1v) is 5.07. The molecule has 0 rings (SSSR count). The number of hydrogen-bond donors (Lipinski definition) is 0. The van der Waals surface area contributed by atoms with Crippen molar-refractivity contribution in [2.45, 2.75) is 19.1 Å². The lowest BCUT2D eigenvalue weighted by Gasteiger charge is -2.07. The highest BCUT2D eigenvalue weighted by Crippen LogP contribution is 2.09. The van der Waals surface area contributed by atoms with Gasteiger partial charge in [-0.25, -0.2) is 4.79 Å². The van der Waals surface area contributed by atoms with Crippen LogP contribution >= 0.6 is 11.8 Å². The molecule has 74 valence electrons. The maximum Gasteiger partial charge on any atom is 0.376 e. The van der Waals surface area contributed by atoms with Gasteiger partial charge in [-0.1, -0.05) is 0 Å². The lowest BCUT2D eigenvalue weighted by Crippen LogP contribution is -2.32. The summed E-state index contributed by atoms with van der Waals surface area (Å²) in [5.41, 5.74) is 0. The molecule has 0 aromatic rings. The van der Waals surface area contributed by atoms with Gasteiger partial charge in [-0.15, -0.1) is 11.8 Å². The molecule has 4 nitrogen and oxygen atoms in total. The van der Waals surface area contributed by atoms with E-state index >= 15 is 0 Å². The van der Waals surface area contributed by atoms with E-state index in [1.54, 1.807) is 13.2 Å². The Labute approximate surface area is 81.0 Å². The third-order valence-electron chi connectivity index (χ3n) is 1.32. The number of hydrogen-bond acceptors (Lipinski definition) is 5. The maximum atomic E-state index is 11.2. The van der Waals surface area contributed by atoms with Gasteiger partial charge in [-0.2, -0.15) is 0 Å². The normalized spacial score (nSPS) is 11.9. The van der Waals surface area contributed by atoms with Crippen molar-refractivity contribution in [2.24, 2.45) is 0 Å². The molecule has 0 N–H and O–H groups in total. The van der Waals surface area contributed by atoms with E-state index in [9.17, 15) is 14.4 Å². The molecule has 0 saturated heterocycles. The van der Waals surface area contributed by atoms with Gasteiger partial charge in [0.2, 0.25) is 0 Å². The Morgan fingerprint density at radius 1 is 1.38 bits per heavy atom. The fraction of sp³-hybridized carbons (Fsp3) is 0.625. The quantitative estimate of drug-likeness (QED) is 0.369. The van der Waals surface area contributed by atoms with E-state index in [1.807, 2.05) is 0 Å². The average molecular weight is 204 g/mol. The fourth-order valence-electron chi connectivity index (χ4n) is 0.767. The van der Waals surface area contributed by atoms with Crippen LogP contribution < -0.4 is 0 Å². The van der Waals surface area contributed by atoms with Crippen LogP contribution in [0.25, 0.3) is 0 Å². The SMILES string of the molecule is CCOC(=O)C(=O)C(SC)C(C)=O. The van der Waals surface area contributed by atoms with Gasteiger partial charge in [-0.3, -0.25) is 9.59 Å². The minimum atomic E-state index is -0.933. The van der Waals surface area contributed by atoms with Crippen LogP contribution in [-0.2, 0) is 19.1 Å². The van der Waals surface area contributed by atoms with Gasteiger partial charge in [0.25, 0.3) is 5.78 Å². The Hall–Kier alpha value is -0.840. The van der Waals surface area contributed by atoms with E-state index in [0.717, 1.165) is 11.8 Å². The topological polar surface area (TPSA) is 60.4 Å². The molecule has 5 heteroatoms. The molecule has 0 aromatic heterocycles. The molecule has 0 fully saturated rings. The monoisotopic (exact) mass is 204 g/mol. The molecule has 0 aromatic carbocycles. The van der Waals surface area contributed by atoms with Crippen molar-refractivity contribution in [1.29, 1.82) is 0 Å². The van der Waals surface area contributed by atoms with Crippen molar-refractivity contribution >= 4 is 29.3 Å². The first-order chi connectivity index (χ1) is 6.04. The summed E-state index contributed by atoms with van der Waals surface area (Å²) in [5, 5.41) is -0.918. The molecule has 0 saturated carbocycles. The molecular weight excluding hydrogens is 192 g/mol. The first kappa shape index (κ1) is 12.2. The van der Waals surface area contributed by atoms with Crippen LogP contribution in [0.1, 0.15) is 13.8 Å². The smallest absolute Gasteiger partial charge is 0.376 e. The van der Waals surface area contributed by atoms with Crippen LogP contribution in [0.5, 0.6) is 0 Å². The highest BCUT2D eigenvalue weighted by Gasteiger charge is 2.29. The summed E-state index contributed by atoms with van der Waals surface area (Å²) in [6.07, 6.45) is 1.60. The Morgan fingerprint density at radius 2 is 1.92 bits per heavy atom. The molecular formula is C8H12O4S. The second kappa shape index (κ2) is 5.75. The third-order valence-corrected chi connectivity index (χ3v) is 2.34. The molecule has 0 bridgehead atoms. The molecule has 0 aliphatic rings. The Balaban J connectivity index is 4.37. The number of Topliss-reactive ketones (excluding diaryl/α,β-unsaturated/α-hetero) is 2. The predicted molar refractivity (Wildman–Crippen MR) is 49.6 cm³/mol. The summed E-state index contributed by atoms with van der Waals surface area (Å²) in [6, 6.07) is 0. The summed E-state index contributed by atoms with van der Waals surface area (Å²) in [4.78, 5) is 33.0. The molecule has 0 spiro atoms. The minimum Gasteiger partial charge on any atom is -0.460 e. The molecule has 0 aliphatic carbocycles. The molecule has 0 aliphatic heterocycles. The van der Waals surface area contributed by atoms with Crippen LogP contribution in [-0.4, -0.2) is 35.6 Å². The van der Waals surface area contributed by atoms with Gasteiger partial charge in [0, 0.05) is 0 Å². The Kier molecular flexibility index (Phi) is 5.37. The van der Waals surface area contributed by atoms with Crippen molar-refractivity contribution in [1.82, 2.24) is 0 Å². The van der Waals surface area contributed by atoms with E-state index in [1.165, 1.54) is 6.92 Å². The van der Waals surface area contributed by atoms with E-state index < -0.39 is 17.0 Å². The minimum absolute atomic E-state index is 0.142. The third kappa shape index (κ3) is 3.59. The van der Waals surface area contributed by atoms with E-state index in [-0.39, 0.29) is 12.4 Å². The van der Waals surface area contributed by atoms with Crippen molar-refractivity contribution < 1.29 is 19.1 Å². The first-order valence-electron chi connectivity index (χ1n) is 3.78. The zero-order chi connectivity index (χ0) is 10.4. The van der Waals surface area contributed by atoms with Gasteiger partial charge >= 0.3 is 5.97 Å². The van der Waals surface area contributed by atoms with Crippen molar-refractivity contribution in [2.75, 3.05) is 12.9 Å². The van der Waals surface area contributed by atoms with Gasteiger partial charge in [-0.05, 0) is 20.1 Å². The largest absolute Gasteiger partial charge is 0.460 e. The van der Waals surface area contributed by atoms with Gasteiger partial charge in [0.1, 0.15) is 5.25 Å². The Bertz CT molecular complexity index is 224. The predicted octanol–water partition coefficient (Wildman–Crippen LogP) is 0.439. The second-order valence-corrected chi connectivity index (χ2v) is 3.25. The summed E-state index contributed by atoms with van der Waals surface area (Å²) < 4.78 is 4.48. The molecule has 0 amide bonds. The lowest BCUT2D eigenvalue weighted by atomic mass is 10.2. The summed E-state index contributed by atoms with van der Waals surface area (Å²) >= 11 is 1.04. The Morgan fingerprint density at radius 3 is 2.23 bits per heavy atom. The summed E-state index contributed by atoms with van der Waals surface area (Å²) in [7, 11) is 0. The second-order valence-electron chi connectivity index (χ2n) is 2.31. The fourth-order valence-corrected chi connectivity index (χ4v) is 1.41. The average Bonchev–Trinajstić information content (AvgIpc) is 2.05. The van der Waals surface area contributed by atoms with Gasteiger partial charge in [0.15, 0.2) is 5.78 Å². The van der Waals surface area contributed by atoms with Crippen LogP contribution in [0, 0.1) is 0 Å². The zero-order valence-corrected chi connectivity index (χ0v) is 8.64. The van der Waals surface area contributed by atoms with Crippen molar-refractivity contribution in [3.05, 3.63) is 0 Å². The molecule has 0 radical (unpaired) electrons. The molecule has 0 heterocycles. The molecule has 1 unspecified atom stereocenters. The number of rotatable bonds is 5. The van der Waals surface area contributed by atoms with E-state index in [0.29, 0.717) is 0 Å². The standard InChI is InChI=1S/C8H12O4S/c1-4-12-8(11)6(10)7(13-3)5(2)9/h7H,4H2,1-3H3. The van der Waals surface area contributed by atoms with Crippen molar-refractivity contribution in [3.8, 4) is 0 Å². The van der Waals surface area contributed by atoms with Crippen LogP contribution in [0.15, 0.2) is 0 Å². The van der Waals surface area contributed by atoms with Crippen LogP contribution in [0.2, 0.25) is 0 Å². The lowest BCUT2D eigenvalue weighted by molar-refractivity contribution is -0.153. The molecule has 1 atom stereocenters. The van der Waals surface area contributed by atoms with Gasteiger partial charge < -0.3 is 4.74 Å². The number of ether oxygens (including phenoxy) is 1. The highest BCUT2D eigenvalue weighted by atomic mass is 32.2. The maximum absolute atomic E-state index is 11.2. The number of thioether (sulfide) groups is 1. The number of carbonyl (C=O) groups is 3. The molecule has 13 heavy (non-hydrogen) atoms. The summed E-state index contributed by atoms with van der Waals surface area (Å²) in [5.74, 6) is -2.04. The number of carbonyl (C=O) groups excluding carboxylic acids is 3. The van der Waals surface area contributed by atoms with Crippen LogP contribution in [0.3, 0.4) is 0 Å². The highest BCUT2D eigenvalue weighted by molar-refractivity contribution is 8.00. The van der Waals surface area contributed by atoms with Crippen LogP contribution in [0.4, 0.5) is 0 Å². The van der Waals surface area contributed by atoms with E-state index in [2.05, 4.69) is 4.74 Å². The van der Waals surface area contributed by atoms with Crippen molar-refractivity contribution in [3.63, 3.8) is 0 Å². The summed E-state index contributed by atoms with van der Waals surface area (Å²) in [6.45, 7) is 3.02. The number of ketones is 2.